The topological polar surface area (TPSA) is 77.1 Å². The lowest BCUT2D eigenvalue weighted by atomic mass is 10.1. The first-order valence-corrected chi connectivity index (χ1v) is 7.44. The molecule has 0 amide bonds. The van der Waals surface area contributed by atoms with Crippen LogP contribution in [-0.4, -0.2) is 24.0 Å². The average Bonchev–Trinajstić information content (AvgIpc) is 2.59. The van der Waals surface area contributed by atoms with Crippen molar-refractivity contribution < 1.29 is 9.53 Å². The molecule has 5 heteroatoms. The van der Waals surface area contributed by atoms with Gasteiger partial charge in [0, 0.05) is 19.3 Å². The van der Waals surface area contributed by atoms with Crippen LogP contribution in [0.5, 0.6) is 0 Å². The van der Waals surface area contributed by atoms with Crippen LogP contribution in [0.4, 0.5) is 0 Å². The minimum atomic E-state index is -0.737. The lowest BCUT2D eigenvalue weighted by Gasteiger charge is -2.19. The molecule has 24 heavy (non-hydrogen) atoms. The van der Waals surface area contributed by atoms with Gasteiger partial charge in [-0.2, -0.15) is 10.5 Å². The Morgan fingerprint density at radius 1 is 1.29 bits per heavy atom. The second-order valence-electron chi connectivity index (χ2n) is 4.79. The standard InChI is InChI=1S/C19H19N3O2/c1-3-10-22(14-16-8-6-5-7-9-16)15-17(12-20)11-18(13-21)19(23)24-4-2/h3,5-9,11,15H,1,4,10,14H2,2H3/b17-15+,18-11-. The number of hydrogen-bond acceptors (Lipinski definition) is 5. The summed E-state index contributed by atoms with van der Waals surface area (Å²) in [6.07, 6.45) is 4.55. The van der Waals surface area contributed by atoms with Crippen LogP contribution in [0.15, 0.2) is 66.4 Å². The van der Waals surface area contributed by atoms with Gasteiger partial charge in [0.15, 0.2) is 0 Å². The van der Waals surface area contributed by atoms with Crippen LogP contribution in [0.25, 0.3) is 0 Å². The molecule has 1 rings (SSSR count). The molecule has 0 saturated heterocycles. The van der Waals surface area contributed by atoms with Gasteiger partial charge in [0.2, 0.25) is 0 Å². The second-order valence-corrected chi connectivity index (χ2v) is 4.79. The Labute approximate surface area is 142 Å². The Morgan fingerprint density at radius 3 is 2.54 bits per heavy atom. The molecule has 0 aliphatic rings. The number of allylic oxidation sites excluding steroid dienone is 2. The fourth-order valence-corrected chi connectivity index (χ4v) is 1.94. The summed E-state index contributed by atoms with van der Waals surface area (Å²) in [7, 11) is 0. The molecule has 122 valence electrons. The monoisotopic (exact) mass is 321 g/mol. The summed E-state index contributed by atoms with van der Waals surface area (Å²) in [4.78, 5) is 13.5. The number of esters is 1. The number of nitriles is 2. The minimum Gasteiger partial charge on any atom is -0.462 e. The number of nitrogens with zero attached hydrogens (tertiary/aromatic N) is 3. The first kappa shape index (κ1) is 18.7. The summed E-state index contributed by atoms with van der Waals surface area (Å²) < 4.78 is 4.79. The zero-order valence-corrected chi connectivity index (χ0v) is 13.6. The van der Waals surface area contributed by atoms with Crippen molar-refractivity contribution in [1.82, 2.24) is 4.90 Å². The van der Waals surface area contributed by atoms with Gasteiger partial charge in [0.25, 0.3) is 0 Å². The molecule has 1 aromatic rings. The van der Waals surface area contributed by atoms with Gasteiger partial charge in [-0.05, 0) is 18.6 Å². The Bertz CT molecular complexity index is 706. The van der Waals surface area contributed by atoms with E-state index in [-0.39, 0.29) is 17.8 Å². The van der Waals surface area contributed by atoms with Crippen molar-refractivity contribution in [2.75, 3.05) is 13.2 Å². The molecule has 0 radical (unpaired) electrons. The van der Waals surface area contributed by atoms with E-state index in [0.29, 0.717) is 13.1 Å². The Balaban J connectivity index is 3.04. The molecule has 0 atom stereocenters. The third kappa shape index (κ3) is 6.21. The third-order valence-electron chi connectivity index (χ3n) is 2.96. The van der Waals surface area contributed by atoms with E-state index in [4.69, 9.17) is 10.00 Å². The molecule has 1 aromatic carbocycles. The van der Waals surface area contributed by atoms with Crippen molar-refractivity contribution >= 4 is 5.97 Å². The summed E-state index contributed by atoms with van der Waals surface area (Å²) in [5.41, 5.74) is 1.06. The van der Waals surface area contributed by atoms with E-state index in [0.717, 1.165) is 5.56 Å². The highest BCUT2D eigenvalue weighted by atomic mass is 16.5. The zero-order chi connectivity index (χ0) is 17.8. The summed E-state index contributed by atoms with van der Waals surface area (Å²) in [6.45, 7) is 6.63. The normalized spacial score (nSPS) is 11.1. The Morgan fingerprint density at radius 2 is 2.00 bits per heavy atom. The Hall–Kier alpha value is -3.31. The Kier molecular flexibility index (Phi) is 8.14. The van der Waals surface area contributed by atoms with E-state index in [1.807, 2.05) is 41.3 Å². The maximum Gasteiger partial charge on any atom is 0.348 e. The molecule has 0 aromatic heterocycles. The average molecular weight is 321 g/mol. The fourth-order valence-electron chi connectivity index (χ4n) is 1.94. The molecule has 0 fully saturated rings. The zero-order valence-electron chi connectivity index (χ0n) is 13.6. The molecule has 0 spiro atoms. The van der Waals surface area contributed by atoms with Crippen LogP contribution in [0.2, 0.25) is 0 Å². The van der Waals surface area contributed by atoms with Gasteiger partial charge < -0.3 is 9.64 Å². The van der Waals surface area contributed by atoms with Crippen LogP contribution in [0.3, 0.4) is 0 Å². The van der Waals surface area contributed by atoms with Gasteiger partial charge in [0.1, 0.15) is 17.7 Å². The summed E-state index contributed by atoms with van der Waals surface area (Å²) >= 11 is 0. The lowest BCUT2D eigenvalue weighted by Crippen LogP contribution is -2.17. The molecule has 0 unspecified atom stereocenters. The van der Waals surface area contributed by atoms with Gasteiger partial charge in [-0.3, -0.25) is 0 Å². The van der Waals surface area contributed by atoms with E-state index in [2.05, 4.69) is 6.58 Å². The highest BCUT2D eigenvalue weighted by Gasteiger charge is 2.11. The SMILES string of the molecule is C=CCN(/C=C(C#N)\C=C(\C#N)C(=O)OCC)Cc1ccccc1. The number of benzene rings is 1. The molecule has 0 heterocycles. The van der Waals surface area contributed by atoms with Crippen molar-refractivity contribution in [1.29, 1.82) is 10.5 Å². The fraction of sp³-hybridized carbons (Fsp3) is 0.211. The number of rotatable bonds is 8. The number of hydrogen-bond donors (Lipinski definition) is 0. The van der Waals surface area contributed by atoms with E-state index >= 15 is 0 Å². The summed E-state index contributed by atoms with van der Waals surface area (Å²) in [5, 5.41) is 18.3. The highest BCUT2D eigenvalue weighted by Crippen LogP contribution is 2.10. The van der Waals surface area contributed by atoms with Crippen molar-refractivity contribution in [3.8, 4) is 12.1 Å². The molecule has 0 N–H and O–H groups in total. The predicted octanol–water partition coefficient (Wildman–Crippen LogP) is 3.10. The van der Waals surface area contributed by atoms with Crippen LogP contribution in [-0.2, 0) is 16.1 Å². The number of carbonyl (C=O) groups is 1. The van der Waals surface area contributed by atoms with E-state index in [9.17, 15) is 10.1 Å². The largest absolute Gasteiger partial charge is 0.462 e. The maximum atomic E-state index is 11.6. The van der Waals surface area contributed by atoms with Crippen molar-refractivity contribution in [3.05, 3.63) is 72.0 Å². The number of carbonyl (C=O) groups excluding carboxylic acids is 1. The second kappa shape index (κ2) is 10.4. The third-order valence-corrected chi connectivity index (χ3v) is 2.96. The lowest BCUT2D eigenvalue weighted by molar-refractivity contribution is -0.138. The molecular weight excluding hydrogens is 302 g/mol. The van der Waals surface area contributed by atoms with Gasteiger partial charge in [-0.25, -0.2) is 4.79 Å². The van der Waals surface area contributed by atoms with E-state index < -0.39 is 5.97 Å². The molecule has 0 saturated carbocycles. The molecule has 0 aliphatic carbocycles. The maximum absolute atomic E-state index is 11.6. The van der Waals surface area contributed by atoms with Crippen LogP contribution < -0.4 is 0 Å². The molecule has 5 nitrogen and oxygen atoms in total. The van der Waals surface area contributed by atoms with Crippen molar-refractivity contribution in [2.24, 2.45) is 0 Å². The van der Waals surface area contributed by atoms with Gasteiger partial charge in [-0.15, -0.1) is 6.58 Å². The van der Waals surface area contributed by atoms with Crippen LogP contribution >= 0.6 is 0 Å². The first-order chi connectivity index (χ1) is 11.6. The van der Waals surface area contributed by atoms with Crippen LogP contribution in [0, 0.1) is 22.7 Å². The van der Waals surface area contributed by atoms with Gasteiger partial charge in [0.05, 0.1) is 12.2 Å². The quantitative estimate of drug-likeness (QED) is 0.242. The molecule has 0 bridgehead atoms. The molecular formula is C19H19N3O2. The van der Waals surface area contributed by atoms with E-state index in [1.165, 1.54) is 6.08 Å². The highest BCUT2D eigenvalue weighted by molar-refractivity contribution is 5.93. The van der Waals surface area contributed by atoms with Crippen molar-refractivity contribution in [2.45, 2.75) is 13.5 Å². The minimum absolute atomic E-state index is 0.167. The predicted molar refractivity (Wildman–Crippen MR) is 91.1 cm³/mol. The van der Waals surface area contributed by atoms with E-state index in [1.54, 1.807) is 25.3 Å². The number of ether oxygens (including phenoxy) is 1. The first-order valence-electron chi connectivity index (χ1n) is 7.44. The van der Waals surface area contributed by atoms with Gasteiger partial charge >= 0.3 is 5.97 Å². The van der Waals surface area contributed by atoms with Crippen LogP contribution in [0.1, 0.15) is 12.5 Å². The van der Waals surface area contributed by atoms with Crippen molar-refractivity contribution in [3.63, 3.8) is 0 Å². The summed E-state index contributed by atoms with van der Waals surface area (Å²) in [6, 6.07) is 13.5. The smallest absolute Gasteiger partial charge is 0.348 e. The van der Waals surface area contributed by atoms with Gasteiger partial charge in [-0.1, -0.05) is 36.4 Å². The molecule has 0 aliphatic heterocycles. The summed E-state index contributed by atoms with van der Waals surface area (Å²) in [5.74, 6) is -0.737.